The van der Waals surface area contributed by atoms with Crippen LogP contribution in [0.3, 0.4) is 0 Å². The second-order valence-corrected chi connectivity index (χ2v) is 12.6. The third-order valence-electron chi connectivity index (χ3n) is 8.49. The van der Waals surface area contributed by atoms with Crippen LogP contribution in [0.25, 0.3) is 22.9 Å². The molecular weight excluding hydrogens is 665 g/mol. The average molecular weight is 694 g/mol. The molecule has 1 unspecified atom stereocenters. The predicted molar refractivity (Wildman–Crippen MR) is 183 cm³/mol. The molecule has 0 spiro atoms. The molecule has 5 aromatic rings. The first-order chi connectivity index (χ1) is 23.9. The number of aromatic nitrogens is 4. The number of carbonyl (C=O) groups excluding carboxylic acids is 3. The van der Waals surface area contributed by atoms with Crippen molar-refractivity contribution in [3.05, 3.63) is 130 Å². The maximum atomic E-state index is 15.4. The van der Waals surface area contributed by atoms with Gasteiger partial charge in [0.2, 0.25) is 11.8 Å². The fourth-order valence-electron chi connectivity index (χ4n) is 6.16. The summed E-state index contributed by atoms with van der Waals surface area (Å²) in [6, 6.07) is 19.5. The van der Waals surface area contributed by atoms with E-state index < -0.39 is 41.1 Å². The van der Waals surface area contributed by atoms with Gasteiger partial charge in [-0.1, -0.05) is 41.9 Å². The van der Waals surface area contributed by atoms with Crippen LogP contribution in [-0.4, -0.2) is 59.4 Å². The number of rotatable bonds is 8. The second-order valence-electron chi connectivity index (χ2n) is 12.2. The highest BCUT2D eigenvalue weighted by Gasteiger charge is 2.46. The largest absolute Gasteiger partial charge is 0.478 e. The molecule has 1 atom stereocenters. The van der Waals surface area contributed by atoms with Gasteiger partial charge in [-0.2, -0.15) is 4.68 Å². The molecule has 0 fully saturated rings. The zero-order valence-electron chi connectivity index (χ0n) is 26.7. The summed E-state index contributed by atoms with van der Waals surface area (Å²) in [5.74, 6) is -3.64. The van der Waals surface area contributed by atoms with E-state index in [0.29, 0.717) is 23.2 Å². The fourth-order valence-corrected chi connectivity index (χ4v) is 6.33. The normalized spacial score (nSPS) is 15.0. The van der Waals surface area contributed by atoms with E-state index in [4.69, 9.17) is 17.3 Å². The third kappa shape index (κ3) is 6.45. The van der Waals surface area contributed by atoms with E-state index in [-0.39, 0.29) is 21.8 Å². The van der Waals surface area contributed by atoms with Crippen molar-refractivity contribution in [3.63, 3.8) is 0 Å². The topological polar surface area (TPSA) is 173 Å². The zero-order valence-corrected chi connectivity index (χ0v) is 27.4. The predicted octanol–water partition coefficient (Wildman–Crippen LogP) is 5.48. The number of anilines is 1. The molecule has 6 rings (SSSR count). The van der Waals surface area contributed by atoms with E-state index in [2.05, 4.69) is 20.8 Å². The summed E-state index contributed by atoms with van der Waals surface area (Å²) >= 11 is 6.10. The van der Waals surface area contributed by atoms with Gasteiger partial charge in [0.05, 0.1) is 16.3 Å². The van der Waals surface area contributed by atoms with Crippen LogP contribution >= 0.6 is 11.6 Å². The quantitative estimate of drug-likeness (QED) is 0.179. The lowest BCUT2D eigenvalue weighted by molar-refractivity contribution is -0.142. The summed E-state index contributed by atoms with van der Waals surface area (Å²) in [6.45, 7) is 3.64. The molecule has 1 aromatic heterocycles. The van der Waals surface area contributed by atoms with Gasteiger partial charge in [-0.25, -0.2) is 9.18 Å². The van der Waals surface area contributed by atoms with Crippen molar-refractivity contribution >= 4 is 47.1 Å². The van der Waals surface area contributed by atoms with Crippen LogP contribution in [0.1, 0.15) is 57.3 Å². The number of benzene rings is 4. The van der Waals surface area contributed by atoms with Crippen molar-refractivity contribution in [2.45, 2.75) is 31.8 Å². The van der Waals surface area contributed by atoms with E-state index in [1.54, 1.807) is 36.4 Å². The molecule has 1 aliphatic rings. The van der Waals surface area contributed by atoms with Crippen molar-refractivity contribution in [2.75, 3.05) is 5.32 Å². The minimum Gasteiger partial charge on any atom is -0.478 e. The number of carboxylic acids is 1. The average Bonchev–Trinajstić information content (AvgIpc) is 3.63. The number of tetrazole rings is 1. The molecule has 0 saturated carbocycles. The highest BCUT2D eigenvalue weighted by atomic mass is 35.5. The van der Waals surface area contributed by atoms with Crippen LogP contribution in [0, 0.1) is 5.82 Å². The number of primary amides is 1. The minimum atomic E-state index is -1.18. The number of fused-ring (bicyclic) bond motifs is 1. The molecule has 50 heavy (non-hydrogen) atoms. The Morgan fingerprint density at radius 1 is 1.00 bits per heavy atom. The van der Waals surface area contributed by atoms with Gasteiger partial charge in [0, 0.05) is 28.4 Å². The summed E-state index contributed by atoms with van der Waals surface area (Å²) in [5, 5.41) is 23.0. The number of carboxylic acid groups (broad SMARTS) is 1. The Bertz CT molecular complexity index is 2170. The summed E-state index contributed by atoms with van der Waals surface area (Å²) in [5.41, 5.74) is 8.28. The maximum absolute atomic E-state index is 15.4. The van der Waals surface area contributed by atoms with Gasteiger partial charge in [-0.05, 0) is 108 Å². The van der Waals surface area contributed by atoms with Crippen molar-refractivity contribution in [1.82, 2.24) is 25.1 Å². The SMILES string of the molecule is CC1(C)Cc2c(-c3ccc(C(N)=O)cc3)cccc2C(C(=O)Nc2ccc(C(=O)O)cc2)N1C(=O)C=Cc1c(-n2cnnn2)ccc(Cl)c1F. The summed E-state index contributed by atoms with van der Waals surface area (Å²) < 4.78 is 16.6. The van der Waals surface area contributed by atoms with Crippen LogP contribution in [0.15, 0.2) is 91.3 Å². The number of halogens is 2. The van der Waals surface area contributed by atoms with E-state index in [0.717, 1.165) is 16.7 Å². The van der Waals surface area contributed by atoms with Crippen molar-refractivity contribution in [2.24, 2.45) is 5.73 Å². The van der Waals surface area contributed by atoms with E-state index in [1.165, 1.54) is 64.5 Å². The molecule has 14 heteroatoms. The third-order valence-corrected chi connectivity index (χ3v) is 8.78. The van der Waals surface area contributed by atoms with Crippen molar-refractivity contribution in [3.8, 4) is 16.8 Å². The van der Waals surface area contributed by atoms with E-state index >= 15 is 4.39 Å². The van der Waals surface area contributed by atoms with Crippen LogP contribution in [0.5, 0.6) is 0 Å². The molecule has 12 nitrogen and oxygen atoms in total. The highest BCUT2D eigenvalue weighted by Crippen LogP contribution is 2.43. The second kappa shape index (κ2) is 13.4. The first kappa shape index (κ1) is 33.7. The van der Waals surface area contributed by atoms with Crippen molar-refractivity contribution < 1.29 is 28.7 Å². The number of nitrogens with zero attached hydrogens (tertiary/aromatic N) is 5. The van der Waals surface area contributed by atoms with Gasteiger partial charge in [0.1, 0.15) is 12.4 Å². The van der Waals surface area contributed by atoms with Crippen LogP contribution in [-0.2, 0) is 16.0 Å². The molecule has 2 heterocycles. The summed E-state index contributed by atoms with van der Waals surface area (Å²) in [4.78, 5) is 53.1. The van der Waals surface area contributed by atoms with E-state index in [1.807, 2.05) is 19.9 Å². The number of aromatic carboxylic acids is 1. The van der Waals surface area contributed by atoms with Crippen LogP contribution in [0.2, 0.25) is 5.02 Å². The molecule has 252 valence electrons. The number of amides is 3. The Morgan fingerprint density at radius 3 is 2.34 bits per heavy atom. The van der Waals surface area contributed by atoms with Gasteiger partial charge < -0.3 is 21.1 Å². The highest BCUT2D eigenvalue weighted by molar-refractivity contribution is 6.31. The van der Waals surface area contributed by atoms with Gasteiger partial charge in [0.15, 0.2) is 5.82 Å². The standard InChI is InChI=1S/C36H29ClFN7O5/c1-36(2)18-27-24(20-6-8-21(9-7-20)33(39)47)4-3-5-25(27)32(34(48)41-23-12-10-22(11-13-23)35(49)50)45(36)30(46)17-14-26-29(44-19-40-42-43-44)16-15-28(37)31(26)38/h3-17,19,32H,18H2,1-2H3,(H2,39,47)(H,41,48)(H,49,50). The summed E-state index contributed by atoms with van der Waals surface area (Å²) in [7, 11) is 0. The van der Waals surface area contributed by atoms with Gasteiger partial charge in [-0.3, -0.25) is 14.4 Å². The lowest BCUT2D eigenvalue weighted by Crippen LogP contribution is -2.56. The Hall–Kier alpha value is -6.21. The Balaban J connectivity index is 1.45. The smallest absolute Gasteiger partial charge is 0.335 e. The molecule has 3 amide bonds. The van der Waals surface area contributed by atoms with E-state index in [9.17, 15) is 24.3 Å². The number of hydrogen-bond donors (Lipinski definition) is 3. The van der Waals surface area contributed by atoms with Crippen molar-refractivity contribution in [1.29, 1.82) is 0 Å². The number of carbonyl (C=O) groups is 4. The molecule has 4 N–H and O–H groups in total. The summed E-state index contributed by atoms with van der Waals surface area (Å²) in [6.07, 6.45) is 4.04. The Kier molecular flexibility index (Phi) is 9.00. The number of hydrogen-bond acceptors (Lipinski definition) is 7. The number of nitrogens with one attached hydrogen (secondary N) is 1. The number of nitrogens with two attached hydrogens (primary N) is 1. The molecule has 4 aromatic carbocycles. The molecule has 0 saturated heterocycles. The molecular formula is C36H29ClFN7O5. The van der Waals surface area contributed by atoms with Gasteiger partial charge >= 0.3 is 5.97 Å². The zero-order chi connectivity index (χ0) is 35.7. The first-order valence-electron chi connectivity index (χ1n) is 15.2. The first-order valence-corrected chi connectivity index (χ1v) is 15.6. The monoisotopic (exact) mass is 693 g/mol. The Morgan fingerprint density at radius 2 is 1.70 bits per heavy atom. The molecule has 0 aliphatic carbocycles. The lowest BCUT2D eigenvalue weighted by atomic mass is 9.77. The molecule has 0 bridgehead atoms. The van der Waals surface area contributed by atoms with Crippen LogP contribution in [0.4, 0.5) is 10.1 Å². The lowest BCUT2D eigenvalue weighted by Gasteiger charge is -2.48. The molecule has 0 radical (unpaired) electrons. The Labute approximate surface area is 290 Å². The van der Waals surface area contributed by atoms with Gasteiger partial charge in [0.25, 0.3) is 5.91 Å². The van der Waals surface area contributed by atoms with Gasteiger partial charge in [-0.15, -0.1) is 5.10 Å². The van der Waals surface area contributed by atoms with Crippen LogP contribution < -0.4 is 11.1 Å². The molecule has 1 aliphatic heterocycles. The fraction of sp³-hybridized carbons (Fsp3) is 0.139. The minimum absolute atomic E-state index is 0.0374. The maximum Gasteiger partial charge on any atom is 0.335 e.